The van der Waals surface area contributed by atoms with Crippen molar-refractivity contribution >= 4 is 16.6 Å². The van der Waals surface area contributed by atoms with Crippen LogP contribution < -0.4 is 5.43 Å². The van der Waals surface area contributed by atoms with E-state index in [1.54, 1.807) is 12.3 Å². The average Bonchev–Trinajstić information content (AvgIpc) is 2.19. The number of aromatic nitrogens is 2. The first-order valence-electron chi connectivity index (χ1n) is 3.66. The Kier molecular flexibility index (Phi) is 1.63. The number of nitrogens with zero attached hydrogens (tertiary/aromatic N) is 2. The van der Waals surface area contributed by atoms with Gasteiger partial charge in [-0.1, -0.05) is 0 Å². The van der Waals surface area contributed by atoms with Crippen molar-refractivity contribution < 1.29 is 0 Å². The molecule has 2 aromatic heterocycles. The third-order valence-corrected chi connectivity index (χ3v) is 1.78. The summed E-state index contributed by atoms with van der Waals surface area (Å²) < 4.78 is 0. The van der Waals surface area contributed by atoms with Crippen molar-refractivity contribution in [3.8, 4) is 0 Å². The summed E-state index contributed by atoms with van der Waals surface area (Å²) in [5.41, 5.74) is 7.27. The van der Waals surface area contributed by atoms with Gasteiger partial charge in [0.05, 0.1) is 17.1 Å². The molecule has 0 radical (unpaired) electrons. The highest BCUT2D eigenvalue weighted by atomic mass is 16.1. The normalized spacial score (nSPS) is 10.2. The van der Waals surface area contributed by atoms with Crippen LogP contribution in [0.4, 0.5) is 5.69 Å². The third kappa shape index (κ3) is 1.10. The number of aromatic amines is 1. The molecule has 5 nitrogen and oxygen atoms in total. The van der Waals surface area contributed by atoms with Crippen LogP contribution in [0.1, 0.15) is 0 Å². The number of pyridine rings is 2. The van der Waals surface area contributed by atoms with Gasteiger partial charge in [-0.25, -0.2) is 5.53 Å². The fraction of sp³-hybridized carbons (Fsp3) is 0. The lowest BCUT2D eigenvalue weighted by atomic mass is 10.2. The van der Waals surface area contributed by atoms with E-state index in [1.807, 2.05) is 0 Å². The number of hydrogen-bond donors (Lipinski definition) is 2. The van der Waals surface area contributed by atoms with E-state index < -0.39 is 0 Å². The van der Waals surface area contributed by atoms with E-state index in [4.69, 9.17) is 5.53 Å². The molecule has 0 spiro atoms. The minimum atomic E-state index is -0.244. The molecule has 0 aliphatic carbocycles. The second-order valence-corrected chi connectivity index (χ2v) is 2.54. The van der Waals surface area contributed by atoms with Gasteiger partial charge in [-0.3, -0.25) is 9.78 Å². The van der Waals surface area contributed by atoms with Crippen molar-refractivity contribution in [2.45, 2.75) is 0 Å². The second kappa shape index (κ2) is 2.78. The van der Waals surface area contributed by atoms with E-state index in [2.05, 4.69) is 15.1 Å². The van der Waals surface area contributed by atoms with E-state index in [1.165, 1.54) is 12.4 Å². The quantitative estimate of drug-likeness (QED) is 0.643. The number of nitrogens with one attached hydrogen (secondary N) is 2. The van der Waals surface area contributed by atoms with Crippen molar-refractivity contribution in [1.82, 2.24) is 9.97 Å². The number of fused-ring (bicyclic) bond motifs is 1. The van der Waals surface area contributed by atoms with E-state index in [0.29, 0.717) is 10.9 Å². The van der Waals surface area contributed by atoms with Crippen molar-refractivity contribution in [1.29, 1.82) is 5.53 Å². The molecule has 0 amide bonds. The summed E-state index contributed by atoms with van der Waals surface area (Å²) in [6, 6.07) is 1.60. The van der Waals surface area contributed by atoms with Crippen LogP contribution in [-0.4, -0.2) is 9.97 Å². The summed E-state index contributed by atoms with van der Waals surface area (Å²) in [6.45, 7) is 0. The number of hydrogen-bond acceptors (Lipinski definition) is 4. The third-order valence-electron chi connectivity index (χ3n) is 1.78. The first kappa shape index (κ1) is 7.60. The van der Waals surface area contributed by atoms with Gasteiger partial charge in [-0.05, 0) is 6.07 Å². The molecule has 5 heteroatoms. The van der Waals surface area contributed by atoms with Gasteiger partial charge >= 0.3 is 0 Å². The topological polar surface area (TPSA) is 82.0 Å². The van der Waals surface area contributed by atoms with E-state index >= 15 is 0 Å². The van der Waals surface area contributed by atoms with Crippen LogP contribution in [0.3, 0.4) is 0 Å². The lowest BCUT2D eigenvalue weighted by Gasteiger charge is -1.95. The molecule has 0 atom stereocenters. The number of H-pyrrole nitrogens is 1. The molecule has 0 aliphatic rings. The van der Waals surface area contributed by atoms with E-state index in [9.17, 15) is 4.79 Å². The molecule has 0 saturated heterocycles. The largest absolute Gasteiger partial charge is 0.358 e. The smallest absolute Gasteiger partial charge is 0.216 e. The Bertz CT molecular complexity index is 517. The summed E-state index contributed by atoms with van der Waals surface area (Å²) in [6.07, 6.45) is 4.50. The Labute approximate surface area is 73.0 Å². The van der Waals surface area contributed by atoms with Crippen LogP contribution in [0, 0.1) is 5.53 Å². The molecule has 0 aliphatic heterocycles. The minimum absolute atomic E-state index is 0.110. The summed E-state index contributed by atoms with van der Waals surface area (Å²) in [7, 11) is 0. The van der Waals surface area contributed by atoms with Crippen molar-refractivity contribution in [2.75, 3.05) is 0 Å². The molecular weight excluding hydrogens is 168 g/mol. The van der Waals surface area contributed by atoms with Crippen LogP contribution >= 0.6 is 0 Å². The molecule has 0 fully saturated rings. The van der Waals surface area contributed by atoms with Crippen LogP contribution in [0.2, 0.25) is 0 Å². The van der Waals surface area contributed by atoms with Gasteiger partial charge in [0.2, 0.25) is 5.43 Å². The Morgan fingerprint density at radius 1 is 1.54 bits per heavy atom. The van der Waals surface area contributed by atoms with Gasteiger partial charge < -0.3 is 4.98 Å². The van der Waals surface area contributed by atoms with Gasteiger partial charge in [-0.2, -0.15) is 5.11 Å². The zero-order valence-corrected chi connectivity index (χ0v) is 6.61. The SMILES string of the molecule is N=Nc1c[nH]c2cnccc2c1=O. The minimum Gasteiger partial charge on any atom is -0.358 e. The molecular formula is C8H6N4O. The predicted molar refractivity (Wildman–Crippen MR) is 47.2 cm³/mol. The van der Waals surface area contributed by atoms with Crippen molar-refractivity contribution in [2.24, 2.45) is 5.11 Å². The second-order valence-electron chi connectivity index (χ2n) is 2.54. The van der Waals surface area contributed by atoms with E-state index in [-0.39, 0.29) is 11.1 Å². The van der Waals surface area contributed by atoms with E-state index in [0.717, 1.165) is 0 Å². The molecule has 64 valence electrons. The average molecular weight is 174 g/mol. The zero-order chi connectivity index (χ0) is 9.26. The lowest BCUT2D eigenvalue weighted by molar-refractivity contribution is 1.13. The Hall–Kier alpha value is -2.04. The maximum Gasteiger partial charge on any atom is 0.216 e. The summed E-state index contributed by atoms with van der Waals surface area (Å²) in [5, 5.41) is 3.61. The first-order valence-corrected chi connectivity index (χ1v) is 3.66. The Morgan fingerprint density at radius 2 is 2.38 bits per heavy atom. The maximum absolute atomic E-state index is 11.5. The molecule has 0 unspecified atom stereocenters. The predicted octanol–water partition coefficient (Wildman–Crippen LogP) is 1.59. The van der Waals surface area contributed by atoms with Crippen LogP contribution in [0.25, 0.3) is 10.9 Å². The fourth-order valence-electron chi connectivity index (χ4n) is 1.14. The zero-order valence-electron chi connectivity index (χ0n) is 6.61. The monoisotopic (exact) mass is 174 g/mol. The van der Waals surface area contributed by atoms with Gasteiger partial charge in [-0.15, -0.1) is 0 Å². The van der Waals surface area contributed by atoms with Gasteiger partial charge in [0.25, 0.3) is 0 Å². The van der Waals surface area contributed by atoms with Crippen molar-refractivity contribution in [3.63, 3.8) is 0 Å². The number of rotatable bonds is 1. The van der Waals surface area contributed by atoms with Crippen LogP contribution in [-0.2, 0) is 0 Å². The molecule has 2 rings (SSSR count). The highest BCUT2D eigenvalue weighted by Crippen LogP contribution is 2.09. The lowest BCUT2D eigenvalue weighted by Crippen LogP contribution is -2.01. The molecule has 2 heterocycles. The van der Waals surface area contributed by atoms with Crippen LogP contribution in [0.5, 0.6) is 0 Å². The maximum atomic E-state index is 11.5. The Balaban J connectivity index is 2.95. The molecule has 0 saturated carbocycles. The molecule has 0 bridgehead atoms. The highest BCUT2D eigenvalue weighted by Gasteiger charge is 2.02. The van der Waals surface area contributed by atoms with Crippen molar-refractivity contribution in [3.05, 3.63) is 34.9 Å². The van der Waals surface area contributed by atoms with Gasteiger partial charge in [0, 0.05) is 12.4 Å². The standard InChI is InChI=1S/C8H6N4O/c9-12-7-4-11-6-3-10-2-1-5(6)8(7)13/h1-4,9H,(H,11,13). The van der Waals surface area contributed by atoms with Gasteiger partial charge in [0.1, 0.15) is 5.69 Å². The molecule has 13 heavy (non-hydrogen) atoms. The molecule has 2 aromatic rings. The van der Waals surface area contributed by atoms with Gasteiger partial charge in [0.15, 0.2) is 0 Å². The Morgan fingerprint density at radius 3 is 3.15 bits per heavy atom. The fourth-order valence-corrected chi connectivity index (χ4v) is 1.14. The first-order chi connectivity index (χ1) is 6.33. The summed E-state index contributed by atoms with van der Waals surface area (Å²) in [4.78, 5) is 18.2. The van der Waals surface area contributed by atoms with Crippen LogP contribution in [0.15, 0.2) is 34.6 Å². The summed E-state index contributed by atoms with van der Waals surface area (Å²) >= 11 is 0. The highest BCUT2D eigenvalue weighted by molar-refractivity contribution is 5.79. The summed E-state index contributed by atoms with van der Waals surface area (Å²) in [5.74, 6) is 0. The molecule has 2 N–H and O–H groups in total. The molecule has 0 aromatic carbocycles.